The lowest BCUT2D eigenvalue weighted by Gasteiger charge is -2.48. The van der Waals surface area contributed by atoms with Gasteiger partial charge in [0.25, 0.3) is 0 Å². The average molecular weight is 465 g/mol. The van der Waals surface area contributed by atoms with Gasteiger partial charge in [-0.15, -0.1) is 0 Å². The average Bonchev–Trinajstić information content (AvgIpc) is 3.19. The molecule has 0 spiro atoms. The number of ether oxygens (including phenoxy) is 3. The molecule has 8 heteroatoms. The summed E-state index contributed by atoms with van der Waals surface area (Å²) in [5.41, 5.74) is 0.693. The fourth-order valence-electron chi connectivity index (χ4n) is 4.58. The molecular weight excluding hydrogens is 436 g/mol. The zero-order chi connectivity index (χ0) is 23.1. The lowest BCUT2D eigenvalue weighted by Crippen LogP contribution is -2.68. The Morgan fingerprint density at radius 2 is 1.81 bits per heavy atom. The summed E-state index contributed by atoms with van der Waals surface area (Å²) in [7, 11) is 0. The molecule has 4 rings (SSSR count). The molecule has 174 valence electrons. The van der Waals surface area contributed by atoms with E-state index < -0.39 is 35.8 Å². The number of aliphatic hydroxyl groups excluding tert-OH is 4. The van der Waals surface area contributed by atoms with Crippen molar-refractivity contribution in [3.05, 3.63) is 64.2 Å². The summed E-state index contributed by atoms with van der Waals surface area (Å²) in [5, 5.41) is 43.1. The van der Waals surface area contributed by atoms with Crippen LogP contribution in [0.25, 0.3) is 0 Å². The van der Waals surface area contributed by atoms with Crippen LogP contribution in [0.15, 0.2) is 42.5 Å². The molecule has 0 aliphatic carbocycles. The fraction of sp³-hybridized carbons (Fsp3) is 0.500. The normalized spacial score (nSPS) is 32.7. The van der Waals surface area contributed by atoms with Crippen LogP contribution in [0, 0.1) is 0 Å². The fourth-order valence-corrected chi connectivity index (χ4v) is 4.76. The summed E-state index contributed by atoms with van der Waals surface area (Å²) in [6, 6.07) is 12.8. The van der Waals surface area contributed by atoms with Gasteiger partial charge in [0, 0.05) is 10.6 Å². The van der Waals surface area contributed by atoms with Crippen molar-refractivity contribution in [2.75, 3.05) is 13.2 Å². The number of benzene rings is 2. The summed E-state index contributed by atoms with van der Waals surface area (Å²) in [6.07, 6.45) is -4.91. The van der Waals surface area contributed by atoms with Gasteiger partial charge in [-0.3, -0.25) is 0 Å². The number of rotatable bonds is 7. The minimum atomic E-state index is -1.73. The Hall–Kier alpha value is -1.71. The van der Waals surface area contributed by atoms with E-state index in [0.29, 0.717) is 23.6 Å². The Bertz CT molecular complexity index is 952. The topological polar surface area (TPSA) is 109 Å². The van der Waals surface area contributed by atoms with Gasteiger partial charge in [-0.05, 0) is 55.2 Å². The van der Waals surface area contributed by atoms with Crippen LogP contribution in [-0.4, -0.2) is 63.7 Å². The minimum absolute atomic E-state index is 0.172. The molecule has 2 saturated heterocycles. The van der Waals surface area contributed by atoms with Gasteiger partial charge in [0.15, 0.2) is 0 Å². The van der Waals surface area contributed by atoms with Crippen molar-refractivity contribution in [1.82, 2.24) is 0 Å². The highest BCUT2D eigenvalue weighted by Crippen LogP contribution is 2.51. The number of hydrogen-bond donors (Lipinski definition) is 4. The van der Waals surface area contributed by atoms with E-state index in [1.165, 1.54) is 0 Å². The number of hydrogen-bond acceptors (Lipinski definition) is 7. The summed E-state index contributed by atoms with van der Waals surface area (Å²) in [6.45, 7) is 4.08. The van der Waals surface area contributed by atoms with Crippen LogP contribution in [0.4, 0.5) is 0 Å². The second-order valence-electron chi connectivity index (χ2n) is 8.38. The van der Waals surface area contributed by atoms with E-state index in [9.17, 15) is 20.4 Å². The van der Waals surface area contributed by atoms with Crippen molar-refractivity contribution in [2.45, 2.75) is 62.5 Å². The van der Waals surface area contributed by atoms with Crippen molar-refractivity contribution in [3.8, 4) is 5.75 Å². The molecule has 2 fully saturated rings. The van der Waals surface area contributed by atoms with Crippen molar-refractivity contribution in [2.24, 2.45) is 0 Å². The van der Waals surface area contributed by atoms with Crippen LogP contribution in [0.5, 0.6) is 5.75 Å². The van der Waals surface area contributed by atoms with Gasteiger partial charge >= 0.3 is 0 Å². The highest BCUT2D eigenvalue weighted by atomic mass is 35.5. The molecule has 2 aliphatic heterocycles. The highest BCUT2D eigenvalue weighted by molar-refractivity contribution is 6.31. The van der Waals surface area contributed by atoms with Crippen LogP contribution < -0.4 is 4.74 Å². The molecule has 32 heavy (non-hydrogen) atoms. The Balaban J connectivity index is 1.68. The lowest BCUT2D eigenvalue weighted by atomic mass is 9.80. The maximum Gasteiger partial charge on any atom is 0.225 e. The molecule has 4 N–H and O–H groups in total. The van der Waals surface area contributed by atoms with E-state index in [1.807, 2.05) is 31.2 Å². The minimum Gasteiger partial charge on any atom is -0.494 e. The molecular formula is C24H29ClO7. The quantitative estimate of drug-likeness (QED) is 0.497. The molecule has 0 saturated carbocycles. The second kappa shape index (κ2) is 8.91. The molecule has 2 bridgehead atoms. The van der Waals surface area contributed by atoms with Crippen LogP contribution >= 0.6 is 11.6 Å². The van der Waals surface area contributed by atoms with Crippen molar-refractivity contribution in [1.29, 1.82) is 0 Å². The Morgan fingerprint density at radius 3 is 2.47 bits per heavy atom. The molecule has 0 radical (unpaired) electrons. The van der Waals surface area contributed by atoms with Gasteiger partial charge in [0.05, 0.1) is 19.3 Å². The molecule has 2 aromatic rings. The third-order valence-corrected chi connectivity index (χ3v) is 6.79. The first-order chi connectivity index (χ1) is 15.3. The van der Waals surface area contributed by atoms with Crippen molar-refractivity contribution in [3.63, 3.8) is 0 Å². The van der Waals surface area contributed by atoms with Crippen LogP contribution in [0.2, 0.25) is 5.02 Å². The van der Waals surface area contributed by atoms with Crippen LogP contribution in [0.1, 0.15) is 37.0 Å². The third kappa shape index (κ3) is 3.72. The molecule has 2 aliphatic rings. The van der Waals surface area contributed by atoms with Gasteiger partial charge in [-0.25, -0.2) is 0 Å². The van der Waals surface area contributed by atoms with Gasteiger partial charge in [0.1, 0.15) is 29.7 Å². The summed E-state index contributed by atoms with van der Waals surface area (Å²) >= 11 is 6.46. The van der Waals surface area contributed by atoms with Gasteiger partial charge in [0.2, 0.25) is 5.79 Å². The molecule has 0 aromatic heterocycles. The van der Waals surface area contributed by atoms with Gasteiger partial charge in [-0.1, -0.05) is 36.7 Å². The predicted molar refractivity (Wildman–Crippen MR) is 118 cm³/mol. The van der Waals surface area contributed by atoms with E-state index >= 15 is 0 Å². The number of halogens is 1. The summed E-state index contributed by atoms with van der Waals surface area (Å²) < 4.78 is 17.5. The zero-order valence-corrected chi connectivity index (χ0v) is 18.8. The molecule has 2 heterocycles. The third-order valence-electron chi connectivity index (χ3n) is 6.42. The zero-order valence-electron chi connectivity index (χ0n) is 18.1. The molecule has 6 atom stereocenters. The summed E-state index contributed by atoms with van der Waals surface area (Å²) in [5.74, 6) is -0.945. The lowest BCUT2D eigenvalue weighted by molar-refractivity contribution is -0.338. The molecule has 0 amide bonds. The van der Waals surface area contributed by atoms with Crippen LogP contribution in [0.3, 0.4) is 0 Å². The first-order valence-electron chi connectivity index (χ1n) is 10.8. The Morgan fingerprint density at radius 1 is 1.09 bits per heavy atom. The molecule has 7 nitrogen and oxygen atoms in total. The standard InChI is InChI=1S/C24H29ClO7/c1-3-19(26)23-13-31-24(32-23,22(29)20(27)21(23)28)16-7-10-18(25)15(12-16)11-14-5-8-17(9-6-14)30-4-2/h5-10,12,19-22,26-29H,3-4,11,13H2,1-2H3/t19?,20-,21-,22+,23?,24?/m0/s1. The van der Waals surface area contributed by atoms with E-state index in [4.69, 9.17) is 25.8 Å². The molecule has 3 unspecified atom stereocenters. The maximum atomic E-state index is 10.8. The number of fused-ring (bicyclic) bond motifs is 2. The summed E-state index contributed by atoms with van der Waals surface area (Å²) in [4.78, 5) is 0. The maximum absolute atomic E-state index is 10.8. The van der Waals surface area contributed by atoms with E-state index in [0.717, 1.165) is 16.9 Å². The first kappa shape index (κ1) is 23.4. The molecule has 2 aromatic carbocycles. The Labute approximate surface area is 192 Å². The number of aliphatic hydroxyl groups is 4. The largest absolute Gasteiger partial charge is 0.494 e. The highest BCUT2D eigenvalue weighted by Gasteiger charge is 2.69. The van der Waals surface area contributed by atoms with Crippen molar-refractivity contribution >= 4 is 11.6 Å². The van der Waals surface area contributed by atoms with Crippen LogP contribution in [-0.2, 0) is 21.7 Å². The first-order valence-corrected chi connectivity index (χ1v) is 11.2. The SMILES string of the molecule is CCOc1ccc(Cc2cc(C34OCC(C(O)CC)(O3)[C@@H](O)[C@H](O)[C@H]4O)ccc2Cl)cc1. The monoisotopic (exact) mass is 464 g/mol. The van der Waals surface area contributed by atoms with Gasteiger partial charge < -0.3 is 34.6 Å². The van der Waals surface area contributed by atoms with E-state index in [-0.39, 0.29) is 13.0 Å². The predicted octanol–water partition coefficient (Wildman–Crippen LogP) is 2.14. The van der Waals surface area contributed by atoms with E-state index in [1.54, 1.807) is 25.1 Å². The van der Waals surface area contributed by atoms with Crippen molar-refractivity contribution < 1.29 is 34.6 Å². The van der Waals surface area contributed by atoms with E-state index in [2.05, 4.69) is 0 Å². The Kier molecular flexibility index (Phi) is 6.53. The second-order valence-corrected chi connectivity index (χ2v) is 8.78. The van der Waals surface area contributed by atoms with Gasteiger partial charge in [-0.2, -0.15) is 0 Å². The smallest absolute Gasteiger partial charge is 0.225 e.